The maximum absolute atomic E-state index is 9.70. The molecule has 1 atom stereocenters. The summed E-state index contributed by atoms with van der Waals surface area (Å²) in [4.78, 5) is 8.81. The highest BCUT2D eigenvalue weighted by molar-refractivity contribution is 7.99. The fourth-order valence-electron chi connectivity index (χ4n) is 1.35. The monoisotopic (exact) mass is 255 g/mol. The lowest BCUT2D eigenvalue weighted by atomic mass is 10.2. The van der Waals surface area contributed by atoms with Crippen LogP contribution in [0.25, 0.3) is 0 Å². The maximum atomic E-state index is 9.70. The molecule has 0 radical (unpaired) electrons. The molecular weight excluding hydrogens is 234 g/mol. The number of rotatable bonds is 6. The van der Waals surface area contributed by atoms with Gasteiger partial charge in [0, 0.05) is 23.7 Å². The Hall–Kier alpha value is -0.650. The predicted molar refractivity (Wildman–Crippen MR) is 71.5 cm³/mol. The van der Waals surface area contributed by atoms with Gasteiger partial charge in [0.1, 0.15) is 0 Å². The summed E-state index contributed by atoms with van der Waals surface area (Å²) in [5.41, 5.74) is 3.17. The van der Waals surface area contributed by atoms with Crippen molar-refractivity contribution < 1.29 is 5.11 Å². The second-order valence-corrected chi connectivity index (χ2v) is 5.06. The largest absolute Gasteiger partial charge is 0.391 e. The van der Waals surface area contributed by atoms with Gasteiger partial charge in [-0.05, 0) is 32.9 Å². The first-order chi connectivity index (χ1) is 8.04. The van der Waals surface area contributed by atoms with E-state index < -0.39 is 0 Å². The molecule has 17 heavy (non-hydrogen) atoms. The first-order valence-electron chi connectivity index (χ1n) is 5.88. The van der Waals surface area contributed by atoms with Crippen molar-refractivity contribution in [3.05, 3.63) is 17.0 Å². The van der Waals surface area contributed by atoms with Crippen LogP contribution in [-0.2, 0) is 0 Å². The molecule has 0 saturated heterocycles. The molecule has 0 aliphatic carbocycles. The van der Waals surface area contributed by atoms with E-state index in [9.17, 15) is 5.11 Å². The second kappa shape index (κ2) is 6.93. The zero-order valence-corrected chi connectivity index (χ0v) is 11.8. The zero-order valence-electron chi connectivity index (χ0n) is 10.9. The number of thioether (sulfide) groups is 1. The Balaban J connectivity index is 2.52. The lowest BCUT2D eigenvalue weighted by molar-refractivity contribution is 0.196. The second-order valence-electron chi connectivity index (χ2n) is 4.07. The van der Waals surface area contributed by atoms with Crippen molar-refractivity contribution in [2.45, 2.75) is 39.0 Å². The van der Waals surface area contributed by atoms with Crippen molar-refractivity contribution in [1.29, 1.82) is 0 Å². The average Bonchev–Trinajstić information content (AvgIpc) is 2.30. The Bertz CT molecular complexity index is 348. The minimum absolute atomic E-state index is 0.356. The molecule has 0 saturated carbocycles. The number of aryl methyl sites for hydroxylation is 2. The van der Waals surface area contributed by atoms with Gasteiger partial charge >= 0.3 is 0 Å². The number of likely N-dealkylation sites (N-methyl/N-ethyl adjacent to an activating group) is 1. The highest BCUT2D eigenvalue weighted by Crippen LogP contribution is 2.17. The third-order valence-corrected chi connectivity index (χ3v) is 3.64. The Morgan fingerprint density at radius 3 is 2.35 bits per heavy atom. The molecule has 0 spiro atoms. The highest BCUT2D eigenvalue weighted by Gasteiger charge is 2.08. The van der Waals surface area contributed by atoms with Crippen LogP contribution >= 0.6 is 11.8 Å². The summed E-state index contributed by atoms with van der Waals surface area (Å²) < 4.78 is 0. The molecule has 0 aromatic carbocycles. The van der Waals surface area contributed by atoms with Crippen LogP contribution in [0.2, 0.25) is 0 Å². The smallest absolute Gasteiger partial charge is 0.188 e. The van der Waals surface area contributed by atoms with Crippen LogP contribution in [0.5, 0.6) is 0 Å². The number of hydrogen-bond donors (Lipinski definition) is 2. The van der Waals surface area contributed by atoms with E-state index in [1.165, 1.54) is 11.8 Å². The summed E-state index contributed by atoms with van der Waals surface area (Å²) in [6, 6.07) is 0. The Morgan fingerprint density at radius 2 is 1.82 bits per heavy atom. The average molecular weight is 255 g/mol. The van der Waals surface area contributed by atoms with Gasteiger partial charge in [-0.25, -0.2) is 9.97 Å². The van der Waals surface area contributed by atoms with Crippen LogP contribution in [0.15, 0.2) is 5.16 Å². The van der Waals surface area contributed by atoms with E-state index in [2.05, 4.69) is 15.3 Å². The molecule has 1 aromatic rings. The summed E-state index contributed by atoms with van der Waals surface area (Å²) in [5.74, 6) is 0.620. The van der Waals surface area contributed by atoms with Crippen molar-refractivity contribution in [3.8, 4) is 0 Å². The van der Waals surface area contributed by atoms with Crippen LogP contribution in [0.4, 0.5) is 0 Å². The van der Waals surface area contributed by atoms with E-state index in [1.807, 2.05) is 27.7 Å². The van der Waals surface area contributed by atoms with Crippen LogP contribution in [0.3, 0.4) is 0 Å². The van der Waals surface area contributed by atoms with Crippen molar-refractivity contribution >= 4 is 11.8 Å². The molecule has 1 rings (SSSR count). The molecule has 0 aliphatic heterocycles. The van der Waals surface area contributed by atoms with Gasteiger partial charge in [0.25, 0.3) is 0 Å². The lowest BCUT2D eigenvalue weighted by Crippen LogP contribution is -2.28. The number of aliphatic hydroxyl groups is 1. The summed E-state index contributed by atoms with van der Waals surface area (Å²) in [6.07, 6.45) is -0.356. The molecule has 1 aromatic heterocycles. The summed E-state index contributed by atoms with van der Waals surface area (Å²) >= 11 is 1.50. The van der Waals surface area contributed by atoms with E-state index in [1.54, 1.807) is 0 Å². The fraction of sp³-hybridized carbons (Fsp3) is 0.667. The molecule has 0 fully saturated rings. The van der Waals surface area contributed by atoms with E-state index in [0.29, 0.717) is 12.3 Å². The molecule has 0 aliphatic rings. The Labute approximate surface area is 107 Å². The van der Waals surface area contributed by atoms with Crippen LogP contribution in [0, 0.1) is 20.8 Å². The van der Waals surface area contributed by atoms with Crippen molar-refractivity contribution in [1.82, 2.24) is 15.3 Å². The molecule has 1 unspecified atom stereocenters. The normalized spacial score (nSPS) is 12.8. The molecular formula is C12H21N3OS. The fourth-order valence-corrected chi connectivity index (χ4v) is 2.21. The number of nitrogens with zero attached hydrogens (tertiary/aromatic N) is 2. The molecule has 1 heterocycles. The van der Waals surface area contributed by atoms with Crippen molar-refractivity contribution in [3.63, 3.8) is 0 Å². The van der Waals surface area contributed by atoms with E-state index >= 15 is 0 Å². The summed E-state index contributed by atoms with van der Waals surface area (Å²) in [5, 5.41) is 13.6. The minimum Gasteiger partial charge on any atom is -0.391 e. The number of aliphatic hydroxyl groups excluding tert-OH is 1. The molecule has 5 heteroatoms. The van der Waals surface area contributed by atoms with Gasteiger partial charge in [-0.2, -0.15) is 0 Å². The van der Waals surface area contributed by atoms with Crippen molar-refractivity contribution in [2.75, 3.05) is 18.8 Å². The first-order valence-corrected chi connectivity index (χ1v) is 6.86. The SMILES string of the molecule is CCNCC(O)CSc1nc(C)c(C)c(C)n1. The van der Waals surface area contributed by atoms with Crippen LogP contribution in [-0.4, -0.2) is 40.0 Å². The topological polar surface area (TPSA) is 58.0 Å². The third kappa shape index (κ3) is 4.61. The Kier molecular flexibility index (Phi) is 5.88. The zero-order chi connectivity index (χ0) is 12.8. The van der Waals surface area contributed by atoms with Gasteiger partial charge in [0.05, 0.1) is 6.10 Å². The quantitative estimate of drug-likeness (QED) is 0.595. The third-order valence-electron chi connectivity index (χ3n) is 2.65. The Morgan fingerprint density at radius 1 is 1.24 bits per heavy atom. The van der Waals surface area contributed by atoms with Gasteiger partial charge in [-0.1, -0.05) is 18.7 Å². The number of hydrogen-bond acceptors (Lipinski definition) is 5. The van der Waals surface area contributed by atoms with Gasteiger partial charge in [-0.15, -0.1) is 0 Å². The standard InChI is InChI=1S/C12H21N3OS/c1-5-13-6-11(16)7-17-12-14-9(3)8(2)10(4)15-12/h11,13,16H,5-7H2,1-4H3. The summed E-state index contributed by atoms with van der Waals surface area (Å²) in [6.45, 7) is 9.52. The van der Waals surface area contributed by atoms with Gasteiger partial charge in [-0.3, -0.25) is 0 Å². The van der Waals surface area contributed by atoms with E-state index in [-0.39, 0.29) is 6.10 Å². The van der Waals surface area contributed by atoms with Crippen LogP contribution in [0.1, 0.15) is 23.9 Å². The van der Waals surface area contributed by atoms with Gasteiger partial charge in [0.2, 0.25) is 0 Å². The molecule has 0 bridgehead atoms. The van der Waals surface area contributed by atoms with Crippen LogP contribution < -0.4 is 5.32 Å². The van der Waals surface area contributed by atoms with E-state index in [0.717, 1.165) is 28.7 Å². The first kappa shape index (κ1) is 14.4. The molecule has 0 amide bonds. The molecule has 4 nitrogen and oxygen atoms in total. The lowest BCUT2D eigenvalue weighted by Gasteiger charge is -2.11. The number of aromatic nitrogens is 2. The minimum atomic E-state index is -0.356. The molecule has 96 valence electrons. The molecule has 2 N–H and O–H groups in total. The van der Waals surface area contributed by atoms with Gasteiger partial charge in [0.15, 0.2) is 5.16 Å². The summed E-state index contributed by atoms with van der Waals surface area (Å²) in [7, 11) is 0. The highest BCUT2D eigenvalue weighted by atomic mass is 32.2. The number of nitrogens with one attached hydrogen (secondary N) is 1. The van der Waals surface area contributed by atoms with Crippen molar-refractivity contribution in [2.24, 2.45) is 0 Å². The predicted octanol–water partition coefficient (Wildman–Crippen LogP) is 1.46. The van der Waals surface area contributed by atoms with Gasteiger partial charge < -0.3 is 10.4 Å². The maximum Gasteiger partial charge on any atom is 0.188 e. The van der Waals surface area contributed by atoms with E-state index in [4.69, 9.17) is 0 Å².